The van der Waals surface area contributed by atoms with Crippen LogP contribution in [0.15, 0.2) is 30.5 Å². The first-order valence-corrected chi connectivity index (χ1v) is 4.04. The normalized spacial score (nSPS) is 15.6. The maximum Gasteiger partial charge on any atom is 0.123 e. The Kier molecular flexibility index (Phi) is 1.82. The molecule has 0 bridgehead atoms. The molecule has 1 aliphatic heterocycles. The highest BCUT2D eigenvalue weighted by atomic mass is 19.1. The fourth-order valence-corrected chi connectivity index (χ4v) is 1.37. The maximum atomic E-state index is 12.5. The second kappa shape index (κ2) is 2.97. The van der Waals surface area contributed by atoms with E-state index in [0.717, 1.165) is 18.5 Å². The van der Waals surface area contributed by atoms with Crippen LogP contribution in [-0.2, 0) is 0 Å². The van der Waals surface area contributed by atoms with Crippen LogP contribution in [0.1, 0.15) is 12.0 Å². The first kappa shape index (κ1) is 7.35. The monoisotopic (exact) mass is 163 g/mol. The summed E-state index contributed by atoms with van der Waals surface area (Å²) in [7, 11) is 0. The summed E-state index contributed by atoms with van der Waals surface area (Å²) in [4.78, 5) is 0. The zero-order valence-electron chi connectivity index (χ0n) is 6.68. The van der Waals surface area contributed by atoms with Gasteiger partial charge in [-0.2, -0.15) is 0 Å². The van der Waals surface area contributed by atoms with Crippen molar-refractivity contribution in [2.75, 3.05) is 6.54 Å². The van der Waals surface area contributed by atoms with Gasteiger partial charge in [-0.15, -0.1) is 0 Å². The van der Waals surface area contributed by atoms with E-state index < -0.39 is 0 Å². The molecule has 0 radical (unpaired) electrons. The summed E-state index contributed by atoms with van der Waals surface area (Å²) in [5.74, 6) is -0.176. The Balaban J connectivity index is 2.28. The van der Waals surface area contributed by atoms with Crippen LogP contribution >= 0.6 is 0 Å². The second-order valence-corrected chi connectivity index (χ2v) is 2.88. The molecule has 1 aromatic carbocycles. The van der Waals surface area contributed by atoms with Crippen LogP contribution in [0.2, 0.25) is 0 Å². The standard InChI is InChI=1S/C10H10FN/c11-10-3-1-8(2-4-10)9-5-6-12-7-9/h1-4,7,12H,5-6H2. The van der Waals surface area contributed by atoms with E-state index in [-0.39, 0.29) is 5.82 Å². The molecule has 0 saturated carbocycles. The minimum absolute atomic E-state index is 0.176. The van der Waals surface area contributed by atoms with Crippen LogP contribution in [0.25, 0.3) is 5.57 Å². The molecule has 12 heavy (non-hydrogen) atoms. The van der Waals surface area contributed by atoms with E-state index in [1.165, 1.54) is 17.7 Å². The number of nitrogens with one attached hydrogen (secondary N) is 1. The predicted octanol–water partition coefficient (Wildman–Crippen LogP) is 2.16. The van der Waals surface area contributed by atoms with E-state index in [2.05, 4.69) is 5.32 Å². The van der Waals surface area contributed by atoms with Gasteiger partial charge in [0.15, 0.2) is 0 Å². The van der Waals surface area contributed by atoms with Gasteiger partial charge in [-0.1, -0.05) is 12.1 Å². The van der Waals surface area contributed by atoms with Crippen LogP contribution in [0, 0.1) is 5.82 Å². The van der Waals surface area contributed by atoms with E-state index in [0.29, 0.717) is 0 Å². The summed E-state index contributed by atoms with van der Waals surface area (Å²) in [6, 6.07) is 6.62. The van der Waals surface area contributed by atoms with Gasteiger partial charge in [0.05, 0.1) is 0 Å². The average Bonchev–Trinajstić information content (AvgIpc) is 2.58. The molecule has 0 aliphatic carbocycles. The number of hydrogen-bond acceptors (Lipinski definition) is 1. The van der Waals surface area contributed by atoms with Crippen LogP contribution < -0.4 is 5.32 Å². The van der Waals surface area contributed by atoms with E-state index in [1.807, 2.05) is 18.3 Å². The number of rotatable bonds is 1. The fourth-order valence-electron chi connectivity index (χ4n) is 1.37. The van der Waals surface area contributed by atoms with Crippen molar-refractivity contribution in [3.05, 3.63) is 41.8 Å². The minimum atomic E-state index is -0.176. The molecule has 1 nitrogen and oxygen atoms in total. The minimum Gasteiger partial charge on any atom is -0.390 e. The molecular formula is C10H10FN. The largest absolute Gasteiger partial charge is 0.390 e. The Morgan fingerprint density at radius 1 is 1.17 bits per heavy atom. The van der Waals surface area contributed by atoms with E-state index in [1.54, 1.807) is 0 Å². The summed E-state index contributed by atoms with van der Waals surface area (Å²) in [5, 5.41) is 3.13. The fraction of sp³-hybridized carbons (Fsp3) is 0.200. The van der Waals surface area contributed by atoms with Crippen molar-refractivity contribution in [3.8, 4) is 0 Å². The van der Waals surface area contributed by atoms with Gasteiger partial charge in [0.2, 0.25) is 0 Å². The lowest BCUT2D eigenvalue weighted by Gasteiger charge is -1.99. The molecule has 1 N–H and O–H groups in total. The molecule has 0 unspecified atom stereocenters. The Hall–Kier alpha value is -1.31. The summed E-state index contributed by atoms with van der Waals surface area (Å²) in [6.45, 7) is 0.993. The van der Waals surface area contributed by atoms with Crippen LogP contribution in [0.4, 0.5) is 4.39 Å². The molecule has 1 heterocycles. The van der Waals surface area contributed by atoms with Crippen LogP contribution in [-0.4, -0.2) is 6.54 Å². The summed E-state index contributed by atoms with van der Waals surface area (Å²) < 4.78 is 12.5. The number of benzene rings is 1. The van der Waals surface area contributed by atoms with Crippen molar-refractivity contribution in [3.63, 3.8) is 0 Å². The number of halogens is 1. The van der Waals surface area contributed by atoms with Crippen molar-refractivity contribution < 1.29 is 4.39 Å². The predicted molar refractivity (Wildman–Crippen MR) is 47.0 cm³/mol. The van der Waals surface area contributed by atoms with Gasteiger partial charge in [-0.25, -0.2) is 4.39 Å². The van der Waals surface area contributed by atoms with Gasteiger partial charge in [-0.05, 0) is 29.7 Å². The second-order valence-electron chi connectivity index (χ2n) is 2.88. The van der Waals surface area contributed by atoms with E-state index >= 15 is 0 Å². The smallest absolute Gasteiger partial charge is 0.123 e. The van der Waals surface area contributed by atoms with Gasteiger partial charge in [0.25, 0.3) is 0 Å². The summed E-state index contributed by atoms with van der Waals surface area (Å²) >= 11 is 0. The Morgan fingerprint density at radius 2 is 1.92 bits per heavy atom. The number of hydrogen-bond donors (Lipinski definition) is 1. The Labute approximate surface area is 70.9 Å². The molecule has 1 aliphatic rings. The molecule has 0 aromatic heterocycles. The van der Waals surface area contributed by atoms with Crippen molar-refractivity contribution in [1.29, 1.82) is 0 Å². The van der Waals surface area contributed by atoms with E-state index in [4.69, 9.17) is 0 Å². The third-order valence-corrected chi connectivity index (χ3v) is 2.03. The highest BCUT2D eigenvalue weighted by molar-refractivity contribution is 5.66. The van der Waals surface area contributed by atoms with Crippen molar-refractivity contribution in [2.45, 2.75) is 6.42 Å². The van der Waals surface area contributed by atoms with Crippen LogP contribution in [0.3, 0.4) is 0 Å². The molecular weight excluding hydrogens is 153 g/mol. The highest BCUT2D eigenvalue weighted by Crippen LogP contribution is 2.19. The zero-order chi connectivity index (χ0) is 8.39. The molecule has 0 atom stereocenters. The molecule has 0 fully saturated rings. The molecule has 0 spiro atoms. The first-order chi connectivity index (χ1) is 5.86. The molecule has 0 amide bonds. The highest BCUT2D eigenvalue weighted by Gasteiger charge is 2.05. The summed E-state index contributed by atoms with van der Waals surface area (Å²) in [5.41, 5.74) is 2.37. The summed E-state index contributed by atoms with van der Waals surface area (Å²) in [6.07, 6.45) is 3.03. The van der Waals surface area contributed by atoms with Gasteiger partial charge in [0, 0.05) is 12.7 Å². The third kappa shape index (κ3) is 1.33. The van der Waals surface area contributed by atoms with Gasteiger partial charge >= 0.3 is 0 Å². The SMILES string of the molecule is Fc1ccc(C2=CNCC2)cc1. The Bertz CT molecular complexity index is 300. The first-order valence-electron chi connectivity index (χ1n) is 4.04. The zero-order valence-corrected chi connectivity index (χ0v) is 6.68. The quantitative estimate of drug-likeness (QED) is 0.669. The molecule has 2 heteroatoms. The van der Waals surface area contributed by atoms with E-state index in [9.17, 15) is 4.39 Å². The Morgan fingerprint density at radius 3 is 2.50 bits per heavy atom. The molecule has 1 aromatic rings. The van der Waals surface area contributed by atoms with Crippen molar-refractivity contribution in [1.82, 2.24) is 5.32 Å². The lowest BCUT2D eigenvalue weighted by Crippen LogP contribution is -1.96. The van der Waals surface area contributed by atoms with Crippen molar-refractivity contribution in [2.24, 2.45) is 0 Å². The molecule has 0 saturated heterocycles. The molecule has 2 rings (SSSR count). The van der Waals surface area contributed by atoms with Gasteiger partial charge in [0.1, 0.15) is 5.82 Å². The average molecular weight is 163 g/mol. The van der Waals surface area contributed by atoms with Crippen molar-refractivity contribution >= 4 is 5.57 Å². The lowest BCUT2D eigenvalue weighted by molar-refractivity contribution is 0.627. The third-order valence-electron chi connectivity index (χ3n) is 2.03. The lowest BCUT2D eigenvalue weighted by atomic mass is 10.1. The topological polar surface area (TPSA) is 12.0 Å². The maximum absolute atomic E-state index is 12.5. The molecule has 62 valence electrons. The van der Waals surface area contributed by atoms with Crippen LogP contribution in [0.5, 0.6) is 0 Å². The van der Waals surface area contributed by atoms with Gasteiger partial charge in [-0.3, -0.25) is 0 Å². The van der Waals surface area contributed by atoms with Gasteiger partial charge < -0.3 is 5.32 Å².